The van der Waals surface area contributed by atoms with Crippen molar-refractivity contribution in [3.8, 4) is 17.2 Å². The van der Waals surface area contributed by atoms with E-state index in [1.165, 1.54) is 0 Å². The molecule has 2 N–H and O–H groups in total. The number of rotatable bonds is 6. The van der Waals surface area contributed by atoms with Gasteiger partial charge in [0.05, 0.1) is 5.69 Å². The molecule has 1 aliphatic heterocycles. The third-order valence-corrected chi connectivity index (χ3v) is 5.58. The maximum absolute atomic E-state index is 10.1. The minimum absolute atomic E-state index is 0. The van der Waals surface area contributed by atoms with E-state index in [1.807, 2.05) is 37.4 Å². The Morgan fingerprint density at radius 1 is 1.12 bits per heavy atom. The molecule has 0 unspecified atom stereocenters. The van der Waals surface area contributed by atoms with Crippen LogP contribution in [0.2, 0.25) is 0 Å². The molecule has 0 bridgehead atoms. The van der Waals surface area contributed by atoms with Gasteiger partial charge in [0.25, 0.3) is 5.89 Å². The van der Waals surface area contributed by atoms with Crippen LogP contribution < -0.4 is 10.2 Å². The molecule has 8 nitrogen and oxygen atoms in total. The van der Waals surface area contributed by atoms with E-state index < -0.39 is 0 Å². The topological polar surface area (TPSA) is 90.0 Å². The second-order valence-electron chi connectivity index (χ2n) is 7.83. The number of para-hydroxylation sites is 2. The highest BCUT2D eigenvalue weighted by Crippen LogP contribution is 2.27. The van der Waals surface area contributed by atoms with Gasteiger partial charge in [0, 0.05) is 51.8 Å². The Kier molecular flexibility index (Phi) is 8.93. The highest BCUT2D eigenvalue weighted by molar-refractivity contribution is 14.0. The molecule has 2 aromatic carbocycles. The van der Waals surface area contributed by atoms with Crippen LogP contribution in [0.4, 0.5) is 5.69 Å². The Morgan fingerprint density at radius 3 is 2.64 bits per heavy atom. The van der Waals surface area contributed by atoms with Gasteiger partial charge in [-0.2, -0.15) is 4.98 Å². The highest BCUT2D eigenvalue weighted by atomic mass is 127. The summed E-state index contributed by atoms with van der Waals surface area (Å²) in [6.45, 7) is 6.05. The number of benzene rings is 2. The number of nitrogens with one attached hydrogen (secondary N) is 1. The highest BCUT2D eigenvalue weighted by Gasteiger charge is 2.21. The summed E-state index contributed by atoms with van der Waals surface area (Å²) in [5.74, 6) is 2.50. The molecule has 0 amide bonds. The van der Waals surface area contributed by atoms with Crippen molar-refractivity contribution in [3.05, 3.63) is 59.9 Å². The van der Waals surface area contributed by atoms with Crippen molar-refractivity contribution >= 4 is 35.6 Å². The summed E-state index contributed by atoms with van der Waals surface area (Å²) in [5.41, 5.74) is 2.92. The number of aromatic hydroxyl groups is 1. The number of halogens is 1. The van der Waals surface area contributed by atoms with Crippen molar-refractivity contribution in [3.63, 3.8) is 0 Å². The number of hydrogen-bond acceptors (Lipinski definition) is 6. The lowest BCUT2D eigenvalue weighted by atomic mass is 10.1. The quantitative estimate of drug-likeness (QED) is 0.268. The zero-order chi connectivity index (χ0) is 22.3. The maximum atomic E-state index is 10.1. The van der Waals surface area contributed by atoms with E-state index in [9.17, 15) is 5.11 Å². The average molecular weight is 562 g/mol. The first kappa shape index (κ1) is 24.8. The third kappa shape index (κ3) is 6.16. The van der Waals surface area contributed by atoms with E-state index in [1.54, 1.807) is 6.07 Å². The maximum Gasteiger partial charge on any atom is 0.257 e. The van der Waals surface area contributed by atoms with Gasteiger partial charge in [-0.3, -0.25) is 4.99 Å². The van der Waals surface area contributed by atoms with Crippen LogP contribution in [0.25, 0.3) is 11.5 Å². The van der Waals surface area contributed by atoms with E-state index in [0.29, 0.717) is 18.2 Å². The van der Waals surface area contributed by atoms with Crippen LogP contribution in [-0.4, -0.2) is 59.3 Å². The number of aromatic nitrogens is 2. The van der Waals surface area contributed by atoms with Crippen LogP contribution in [0.15, 0.2) is 58.0 Å². The van der Waals surface area contributed by atoms with Crippen LogP contribution in [0.1, 0.15) is 24.7 Å². The van der Waals surface area contributed by atoms with E-state index in [0.717, 1.165) is 67.6 Å². The van der Waals surface area contributed by atoms with Crippen molar-refractivity contribution in [1.82, 2.24) is 20.4 Å². The van der Waals surface area contributed by atoms with E-state index >= 15 is 0 Å². The molecule has 33 heavy (non-hydrogen) atoms. The number of aryl methyl sites for hydroxylation is 1. The second-order valence-corrected chi connectivity index (χ2v) is 7.83. The van der Waals surface area contributed by atoms with Gasteiger partial charge in [-0.1, -0.05) is 36.3 Å². The fraction of sp³-hybridized carbons (Fsp3) is 0.375. The molecule has 0 spiro atoms. The van der Waals surface area contributed by atoms with Gasteiger partial charge in [-0.25, -0.2) is 0 Å². The summed E-state index contributed by atoms with van der Waals surface area (Å²) in [7, 11) is 1.81. The molecular formula is C24H31IN6O2. The Morgan fingerprint density at radius 2 is 1.91 bits per heavy atom. The molecule has 0 atom stereocenters. The summed E-state index contributed by atoms with van der Waals surface area (Å²) < 4.78 is 5.42. The minimum atomic E-state index is 0. The smallest absolute Gasteiger partial charge is 0.257 e. The molecule has 1 aliphatic rings. The molecule has 9 heteroatoms. The van der Waals surface area contributed by atoms with Gasteiger partial charge in [-0.15, -0.1) is 24.0 Å². The van der Waals surface area contributed by atoms with E-state index in [-0.39, 0.29) is 24.0 Å². The van der Waals surface area contributed by atoms with Crippen LogP contribution >= 0.6 is 24.0 Å². The van der Waals surface area contributed by atoms with Gasteiger partial charge < -0.3 is 24.7 Å². The monoisotopic (exact) mass is 562 g/mol. The second kappa shape index (κ2) is 11.9. The van der Waals surface area contributed by atoms with Crippen LogP contribution in [-0.2, 0) is 13.0 Å². The molecule has 0 aliphatic carbocycles. The first-order valence-corrected chi connectivity index (χ1v) is 11.1. The Bertz CT molecular complexity index is 1060. The lowest BCUT2D eigenvalue weighted by Gasteiger charge is -2.37. The lowest BCUT2D eigenvalue weighted by molar-refractivity contribution is 0.369. The normalized spacial score (nSPS) is 14.2. The van der Waals surface area contributed by atoms with E-state index in [2.05, 4.69) is 49.3 Å². The minimum Gasteiger partial charge on any atom is -0.506 e. The van der Waals surface area contributed by atoms with Crippen molar-refractivity contribution in [2.24, 2.45) is 4.99 Å². The van der Waals surface area contributed by atoms with Crippen molar-refractivity contribution in [2.75, 3.05) is 38.1 Å². The van der Waals surface area contributed by atoms with E-state index in [4.69, 9.17) is 4.52 Å². The van der Waals surface area contributed by atoms with Gasteiger partial charge in [0.1, 0.15) is 5.75 Å². The van der Waals surface area contributed by atoms with Gasteiger partial charge in [0.15, 0.2) is 11.8 Å². The number of nitrogens with zero attached hydrogens (tertiary/aromatic N) is 5. The molecule has 4 rings (SSSR count). The first-order valence-electron chi connectivity index (χ1n) is 11.1. The number of phenolic OH excluding ortho intramolecular Hbond substituents is 1. The Hall–Kier alpha value is -2.82. The molecular weight excluding hydrogens is 531 g/mol. The predicted molar refractivity (Wildman–Crippen MR) is 141 cm³/mol. The molecule has 176 valence electrons. The lowest BCUT2D eigenvalue weighted by Crippen LogP contribution is -2.52. The van der Waals surface area contributed by atoms with Crippen molar-refractivity contribution in [1.29, 1.82) is 0 Å². The van der Waals surface area contributed by atoms with Crippen molar-refractivity contribution in [2.45, 2.75) is 26.3 Å². The number of piperazine rings is 1. The van der Waals surface area contributed by atoms with Gasteiger partial charge in [-0.05, 0) is 36.2 Å². The average Bonchev–Trinajstić information content (AvgIpc) is 3.30. The molecule has 1 saturated heterocycles. The number of guanidine groups is 1. The summed E-state index contributed by atoms with van der Waals surface area (Å²) in [4.78, 5) is 13.4. The molecule has 1 aromatic heterocycles. The standard InChI is InChI=1S/C24H30N6O2.HI/c1-3-7-22-27-23(32-28-22)19-9-6-8-18(16-19)17-26-24(25-2)30-14-12-29(13-15-30)20-10-4-5-11-21(20)31;/h4-6,8-11,16,31H,3,7,12-15,17H2,1-2H3,(H,25,26);1H. The van der Waals surface area contributed by atoms with Gasteiger partial charge in [0.2, 0.25) is 0 Å². The van der Waals surface area contributed by atoms with Crippen LogP contribution in [0.3, 0.4) is 0 Å². The predicted octanol–water partition coefficient (Wildman–Crippen LogP) is 3.91. The zero-order valence-electron chi connectivity index (χ0n) is 19.1. The number of phenols is 1. The SMILES string of the molecule is CCCc1noc(-c2cccc(CNC(=NC)N3CCN(c4ccccc4O)CC3)c2)n1.I. The molecule has 0 saturated carbocycles. The number of anilines is 1. The van der Waals surface area contributed by atoms with Crippen LogP contribution in [0.5, 0.6) is 5.75 Å². The summed E-state index contributed by atoms with van der Waals surface area (Å²) in [5, 5.41) is 17.6. The zero-order valence-corrected chi connectivity index (χ0v) is 21.4. The Labute approximate surface area is 211 Å². The fourth-order valence-corrected chi connectivity index (χ4v) is 3.91. The first-order chi connectivity index (χ1) is 15.7. The number of hydrogen-bond donors (Lipinski definition) is 2. The molecule has 3 aromatic rings. The molecule has 0 radical (unpaired) electrons. The largest absolute Gasteiger partial charge is 0.506 e. The fourth-order valence-electron chi connectivity index (χ4n) is 3.91. The molecule has 2 heterocycles. The summed E-state index contributed by atoms with van der Waals surface area (Å²) >= 11 is 0. The number of aliphatic imine (C=N–C) groups is 1. The van der Waals surface area contributed by atoms with Gasteiger partial charge >= 0.3 is 0 Å². The van der Waals surface area contributed by atoms with Crippen LogP contribution in [0, 0.1) is 0 Å². The summed E-state index contributed by atoms with van der Waals surface area (Å²) in [6, 6.07) is 15.6. The third-order valence-electron chi connectivity index (χ3n) is 5.58. The Balaban J connectivity index is 0.00000306. The summed E-state index contributed by atoms with van der Waals surface area (Å²) in [6.07, 6.45) is 1.81. The van der Waals surface area contributed by atoms with Crippen molar-refractivity contribution < 1.29 is 9.63 Å². The molecule has 1 fully saturated rings.